The summed E-state index contributed by atoms with van der Waals surface area (Å²) in [6.07, 6.45) is 6.93. The van der Waals surface area contributed by atoms with Gasteiger partial charge in [0.2, 0.25) is 5.91 Å². The van der Waals surface area contributed by atoms with Gasteiger partial charge in [0.25, 0.3) is 0 Å². The molecule has 4 heteroatoms. The molecule has 0 fully saturated rings. The van der Waals surface area contributed by atoms with Crippen LogP contribution < -0.4 is 5.32 Å². The van der Waals surface area contributed by atoms with Crippen LogP contribution in [-0.4, -0.2) is 35.6 Å². The van der Waals surface area contributed by atoms with E-state index in [0.717, 1.165) is 5.56 Å². The van der Waals surface area contributed by atoms with Gasteiger partial charge in [-0.15, -0.1) is 0 Å². The molecule has 0 saturated carbocycles. The van der Waals surface area contributed by atoms with Gasteiger partial charge >= 0.3 is 0 Å². The first-order valence-electron chi connectivity index (χ1n) is 6.74. The zero-order valence-electron chi connectivity index (χ0n) is 11.6. The van der Waals surface area contributed by atoms with Crippen molar-refractivity contribution in [2.24, 2.45) is 0 Å². The van der Waals surface area contributed by atoms with Gasteiger partial charge in [-0.1, -0.05) is 36.4 Å². The smallest absolute Gasteiger partial charge is 0.249 e. The van der Waals surface area contributed by atoms with Crippen LogP contribution in [0.4, 0.5) is 0 Å². The van der Waals surface area contributed by atoms with E-state index in [1.807, 2.05) is 60.8 Å². The first kappa shape index (κ1) is 14.3. The second-order valence-corrected chi connectivity index (χ2v) is 4.95. The van der Waals surface area contributed by atoms with Crippen LogP contribution in [0.15, 0.2) is 54.4 Å². The number of allylic oxidation sites excluding steroid dienone is 1. The number of carbonyl (C=O) groups excluding carboxylic acids is 1. The molecule has 1 aromatic rings. The fraction of sp³-hybridized carbons (Fsp3) is 0.312. The quantitative estimate of drug-likeness (QED) is 0.853. The molecule has 20 heavy (non-hydrogen) atoms. The van der Waals surface area contributed by atoms with E-state index in [2.05, 4.69) is 5.32 Å². The van der Waals surface area contributed by atoms with E-state index in [1.54, 1.807) is 0 Å². The summed E-state index contributed by atoms with van der Waals surface area (Å²) in [5.41, 5.74) is 1.81. The number of benzene rings is 1. The highest BCUT2D eigenvalue weighted by atomic mass is 16.3. The number of aliphatic hydroxyl groups is 1. The summed E-state index contributed by atoms with van der Waals surface area (Å²) in [7, 11) is 1.89. The zero-order chi connectivity index (χ0) is 14.4. The predicted octanol–water partition coefficient (Wildman–Crippen LogP) is 1.44. The zero-order valence-corrected chi connectivity index (χ0v) is 11.6. The van der Waals surface area contributed by atoms with Crippen LogP contribution in [-0.2, 0) is 11.2 Å². The molecule has 0 radical (unpaired) electrons. The summed E-state index contributed by atoms with van der Waals surface area (Å²) in [6, 6.07) is 9.58. The third-order valence-corrected chi connectivity index (χ3v) is 3.21. The van der Waals surface area contributed by atoms with Crippen LogP contribution in [0, 0.1) is 0 Å². The van der Waals surface area contributed by atoms with Gasteiger partial charge in [-0.3, -0.25) is 4.79 Å². The maximum absolute atomic E-state index is 12.2. The van der Waals surface area contributed by atoms with Crippen molar-refractivity contribution in [2.75, 3.05) is 13.7 Å². The Morgan fingerprint density at radius 2 is 2.15 bits per heavy atom. The number of carbonyl (C=O) groups is 1. The summed E-state index contributed by atoms with van der Waals surface area (Å²) >= 11 is 0. The molecule has 2 N–H and O–H groups in total. The molecule has 4 nitrogen and oxygen atoms in total. The van der Waals surface area contributed by atoms with Gasteiger partial charge in [0.05, 0.1) is 12.6 Å². The Labute approximate surface area is 119 Å². The number of nitrogens with zero attached hydrogens (tertiary/aromatic N) is 1. The predicted molar refractivity (Wildman–Crippen MR) is 78.8 cm³/mol. The number of rotatable bonds is 5. The first-order chi connectivity index (χ1) is 9.69. The molecule has 0 aromatic heterocycles. The first-order valence-corrected chi connectivity index (χ1v) is 6.74. The minimum atomic E-state index is -0.262. The highest BCUT2D eigenvalue weighted by Crippen LogP contribution is 2.11. The Morgan fingerprint density at radius 3 is 2.80 bits per heavy atom. The van der Waals surface area contributed by atoms with Crippen molar-refractivity contribution in [1.29, 1.82) is 0 Å². The summed E-state index contributed by atoms with van der Waals surface area (Å²) in [6.45, 7) is -0.0698. The lowest BCUT2D eigenvalue weighted by Crippen LogP contribution is -2.40. The average Bonchev–Trinajstić information content (AvgIpc) is 2.47. The molecule has 1 aromatic carbocycles. The molecule has 106 valence electrons. The van der Waals surface area contributed by atoms with Crippen molar-refractivity contribution in [3.8, 4) is 0 Å². The van der Waals surface area contributed by atoms with Crippen LogP contribution in [0.1, 0.15) is 12.0 Å². The lowest BCUT2D eigenvalue weighted by atomic mass is 10.1. The minimum Gasteiger partial charge on any atom is -0.394 e. The van der Waals surface area contributed by atoms with Crippen molar-refractivity contribution in [2.45, 2.75) is 18.9 Å². The fourth-order valence-electron chi connectivity index (χ4n) is 2.18. The maximum Gasteiger partial charge on any atom is 0.249 e. The molecule has 0 spiro atoms. The second kappa shape index (κ2) is 6.91. The number of hydrogen-bond donors (Lipinski definition) is 2. The summed E-state index contributed by atoms with van der Waals surface area (Å²) in [5.74, 6) is -0.115. The van der Waals surface area contributed by atoms with Crippen LogP contribution in [0.2, 0.25) is 0 Å². The minimum absolute atomic E-state index is 0.0698. The molecule has 0 aliphatic carbocycles. The van der Waals surface area contributed by atoms with Crippen LogP contribution in [0.3, 0.4) is 0 Å². The van der Waals surface area contributed by atoms with Gasteiger partial charge < -0.3 is 15.3 Å². The standard InChI is InChI=1S/C16H20N2O2/c1-18-9-5-8-14(11-18)16(20)17-15(12-19)10-13-6-3-2-4-7-13/h2-7,9,11,15,19H,8,10,12H2,1H3,(H,17,20). The van der Waals surface area contributed by atoms with E-state index in [9.17, 15) is 9.90 Å². The van der Waals surface area contributed by atoms with E-state index in [4.69, 9.17) is 0 Å². The molecule has 2 rings (SSSR count). The van der Waals surface area contributed by atoms with Gasteiger partial charge in [0.15, 0.2) is 0 Å². The van der Waals surface area contributed by atoms with Gasteiger partial charge in [0, 0.05) is 18.8 Å². The number of amides is 1. The van der Waals surface area contributed by atoms with Gasteiger partial charge in [-0.05, 0) is 24.6 Å². The van der Waals surface area contributed by atoms with Gasteiger partial charge in [-0.2, -0.15) is 0 Å². The van der Waals surface area contributed by atoms with Gasteiger partial charge in [-0.25, -0.2) is 0 Å². The number of hydrogen-bond acceptors (Lipinski definition) is 3. The highest BCUT2D eigenvalue weighted by molar-refractivity contribution is 5.94. The van der Waals surface area contributed by atoms with Crippen molar-refractivity contribution < 1.29 is 9.90 Å². The van der Waals surface area contributed by atoms with Gasteiger partial charge in [0.1, 0.15) is 0 Å². The topological polar surface area (TPSA) is 52.6 Å². The molecular weight excluding hydrogens is 252 g/mol. The molecule has 1 aliphatic rings. The molecule has 1 unspecified atom stereocenters. The molecule has 0 saturated heterocycles. The molecule has 1 amide bonds. The SMILES string of the molecule is CN1C=CCC(C(=O)NC(CO)Cc2ccccc2)=C1. The van der Waals surface area contributed by atoms with E-state index in [-0.39, 0.29) is 18.6 Å². The van der Waals surface area contributed by atoms with Crippen LogP contribution in [0.25, 0.3) is 0 Å². The second-order valence-electron chi connectivity index (χ2n) is 4.95. The third kappa shape index (κ3) is 3.96. The van der Waals surface area contributed by atoms with E-state index in [0.29, 0.717) is 18.4 Å². The molecule has 1 atom stereocenters. The lowest BCUT2D eigenvalue weighted by molar-refractivity contribution is -0.118. The van der Waals surface area contributed by atoms with Crippen molar-refractivity contribution >= 4 is 5.91 Å². The monoisotopic (exact) mass is 272 g/mol. The Morgan fingerprint density at radius 1 is 1.40 bits per heavy atom. The summed E-state index contributed by atoms with van der Waals surface area (Å²) in [4.78, 5) is 14.0. The van der Waals surface area contributed by atoms with E-state index < -0.39 is 0 Å². The molecule has 0 bridgehead atoms. The fourth-order valence-corrected chi connectivity index (χ4v) is 2.18. The highest BCUT2D eigenvalue weighted by Gasteiger charge is 2.16. The van der Waals surface area contributed by atoms with Crippen LogP contribution in [0.5, 0.6) is 0 Å². The number of nitrogens with one attached hydrogen (secondary N) is 1. The summed E-state index contributed by atoms with van der Waals surface area (Å²) < 4.78 is 0. The number of aliphatic hydroxyl groups excluding tert-OH is 1. The molecule has 1 aliphatic heterocycles. The molecule has 1 heterocycles. The average molecular weight is 272 g/mol. The largest absolute Gasteiger partial charge is 0.394 e. The van der Waals surface area contributed by atoms with Crippen molar-refractivity contribution in [3.05, 3.63) is 59.9 Å². The maximum atomic E-state index is 12.2. The van der Waals surface area contributed by atoms with E-state index >= 15 is 0 Å². The third-order valence-electron chi connectivity index (χ3n) is 3.21. The van der Waals surface area contributed by atoms with Crippen LogP contribution >= 0.6 is 0 Å². The van der Waals surface area contributed by atoms with Crippen molar-refractivity contribution in [3.63, 3.8) is 0 Å². The van der Waals surface area contributed by atoms with E-state index in [1.165, 1.54) is 0 Å². The lowest BCUT2D eigenvalue weighted by Gasteiger charge is -2.20. The van der Waals surface area contributed by atoms with Crippen molar-refractivity contribution in [1.82, 2.24) is 10.2 Å². The normalized spacial score (nSPS) is 15.7. The Hall–Kier alpha value is -2.07. The Balaban J connectivity index is 1.94. The Kier molecular flexibility index (Phi) is 4.96. The summed E-state index contributed by atoms with van der Waals surface area (Å²) in [5, 5.41) is 12.3. The molecular formula is C16H20N2O2. The Bertz CT molecular complexity index is 508.